The van der Waals surface area contributed by atoms with E-state index in [0.717, 1.165) is 0 Å². The maximum absolute atomic E-state index is 12.9. The van der Waals surface area contributed by atoms with E-state index in [2.05, 4.69) is 0 Å². The van der Waals surface area contributed by atoms with Gasteiger partial charge in [0.25, 0.3) is 0 Å². The lowest BCUT2D eigenvalue weighted by molar-refractivity contribution is -0.116. The average Bonchev–Trinajstić information content (AvgIpc) is 2.51. The van der Waals surface area contributed by atoms with Crippen molar-refractivity contribution in [2.45, 2.75) is 20.3 Å². The van der Waals surface area contributed by atoms with E-state index in [4.69, 9.17) is 0 Å². The Bertz CT molecular complexity index is 937. The van der Waals surface area contributed by atoms with Gasteiger partial charge in [0.2, 0.25) is 0 Å². The second-order valence-corrected chi connectivity index (χ2v) is 5.82. The van der Waals surface area contributed by atoms with Crippen LogP contribution in [0.15, 0.2) is 30.3 Å². The molecular formula is C19H14O5. The molecule has 0 amide bonds. The lowest BCUT2D eigenvalue weighted by Crippen LogP contribution is -2.25. The van der Waals surface area contributed by atoms with Crippen molar-refractivity contribution >= 4 is 23.1 Å². The highest BCUT2D eigenvalue weighted by atomic mass is 16.3. The third-order valence-corrected chi connectivity index (χ3v) is 4.07. The summed E-state index contributed by atoms with van der Waals surface area (Å²) in [5.41, 5.74) is 0.642. The summed E-state index contributed by atoms with van der Waals surface area (Å²) in [6.45, 7) is 2.69. The fraction of sp³-hybridized carbons (Fsp3) is 0.158. The number of Topliss-reactive ketones (excluding diaryl/α,β-unsaturated/α-hetero) is 2. The molecule has 1 aliphatic carbocycles. The Hall–Kier alpha value is -3.08. The fourth-order valence-electron chi connectivity index (χ4n) is 3.13. The minimum absolute atomic E-state index is 0.0105. The summed E-state index contributed by atoms with van der Waals surface area (Å²) in [6, 6.07) is 7.21. The number of phenolic OH excluding ortho intramolecular Hbond substituents is 1. The molecule has 2 aromatic rings. The van der Waals surface area contributed by atoms with Crippen LogP contribution in [0.4, 0.5) is 0 Å². The summed E-state index contributed by atoms with van der Waals surface area (Å²) in [5.74, 6) is -1.80. The highest BCUT2D eigenvalue weighted by molar-refractivity contribution is 6.31. The molecule has 0 saturated carbocycles. The molecule has 1 aliphatic rings. The van der Waals surface area contributed by atoms with Gasteiger partial charge in [-0.25, -0.2) is 0 Å². The molecule has 0 heterocycles. The van der Waals surface area contributed by atoms with Gasteiger partial charge in [-0.2, -0.15) is 0 Å². The largest absolute Gasteiger partial charge is 0.507 e. The van der Waals surface area contributed by atoms with Crippen molar-refractivity contribution in [1.29, 1.82) is 0 Å². The van der Waals surface area contributed by atoms with E-state index in [-0.39, 0.29) is 51.6 Å². The topological polar surface area (TPSA) is 88.5 Å². The molecule has 24 heavy (non-hydrogen) atoms. The summed E-state index contributed by atoms with van der Waals surface area (Å²) < 4.78 is 0. The molecular weight excluding hydrogens is 308 g/mol. The van der Waals surface area contributed by atoms with Crippen molar-refractivity contribution in [2.75, 3.05) is 0 Å². The molecule has 1 N–H and O–H groups in total. The predicted molar refractivity (Wildman–Crippen MR) is 85.8 cm³/mol. The van der Waals surface area contributed by atoms with E-state index in [9.17, 15) is 24.3 Å². The minimum atomic E-state index is -0.505. The van der Waals surface area contributed by atoms with Gasteiger partial charge in [-0.1, -0.05) is 18.2 Å². The first-order valence-electron chi connectivity index (χ1n) is 7.40. The number of ketones is 4. The molecule has 0 bridgehead atoms. The van der Waals surface area contributed by atoms with Gasteiger partial charge in [-0.3, -0.25) is 19.2 Å². The van der Waals surface area contributed by atoms with Gasteiger partial charge in [0.1, 0.15) is 11.5 Å². The number of rotatable bonds is 3. The molecule has 0 unspecified atom stereocenters. The van der Waals surface area contributed by atoms with Gasteiger partial charge in [0.15, 0.2) is 17.3 Å². The highest BCUT2D eigenvalue weighted by Gasteiger charge is 2.35. The van der Waals surface area contributed by atoms with E-state index in [1.807, 2.05) is 0 Å². The minimum Gasteiger partial charge on any atom is -0.507 e. The Labute approximate surface area is 137 Å². The zero-order valence-corrected chi connectivity index (χ0v) is 13.2. The van der Waals surface area contributed by atoms with Crippen molar-refractivity contribution in [1.82, 2.24) is 0 Å². The SMILES string of the molecule is CC(=O)Cc1ccc2c(c1C(C)=O)C(=O)c1cccc(O)c1C2=O. The van der Waals surface area contributed by atoms with Crippen LogP contribution in [0, 0.1) is 0 Å². The summed E-state index contributed by atoms with van der Waals surface area (Å²) in [7, 11) is 0. The maximum atomic E-state index is 12.9. The number of carbonyl (C=O) groups excluding carboxylic acids is 4. The Morgan fingerprint density at radius 2 is 1.54 bits per heavy atom. The van der Waals surface area contributed by atoms with Crippen molar-refractivity contribution < 1.29 is 24.3 Å². The van der Waals surface area contributed by atoms with Crippen LogP contribution in [0.5, 0.6) is 5.75 Å². The normalized spacial score (nSPS) is 12.6. The van der Waals surface area contributed by atoms with Crippen LogP contribution >= 0.6 is 0 Å². The third-order valence-electron chi connectivity index (χ3n) is 4.07. The smallest absolute Gasteiger partial charge is 0.198 e. The van der Waals surface area contributed by atoms with Crippen molar-refractivity contribution in [2.24, 2.45) is 0 Å². The van der Waals surface area contributed by atoms with Crippen LogP contribution in [0.1, 0.15) is 61.6 Å². The molecule has 3 rings (SSSR count). The molecule has 0 radical (unpaired) electrons. The number of hydrogen-bond acceptors (Lipinski definition) is 5. The van der Waals surface area contributed by atoms with Crippen LogP contribution in [-0.2, 0) is 11.2 Å². The van der Waals surface area contributed by atoms with E-state index < -0.39 is 11.6 Å². The second kappa shape index (κ2) is 5.53. The maximum Gasteiger partial charge on any atom is 0.198 e. The number of hydrogen-bond donors (Lipinski definition) is 1. The molecule has 2 aromatic carbocycles. The monoisotopic (exact) mass is 322 g/mol. The zero-order valence-electron chi connectivity index (χ0n) is 13.2. The first-order valence-corrected chi connectivity index (χ1v) is 7.40. The zero-order chi connectivity index (χ0) is 17.6. The highest BCUT2D eigenvalue weighted by Crippen LogP contribution is 2.35. The van der Waals surface area contributed by atoms with Crippen LogP contribution in [0.25, 0.3) is 0 Å². The van der Waals surface area contributed by atoms with Gasteiger partial charge in [0, 0.05) is 28.7 Å². The van der Waals surface area contributed by atoms with Gasteiger partial charge in [-0.15, -0.1) is 0 Å². The van der Waals surface area contributed by atoms with Crippen molar-refractivity contribution in [3.63, 3.8) is 0 Å². The number of benzene rings is 2. The summed E-state index contributed by atoms with van der Waals surface area (Å²) in [6.07, 6.45) is 0.0105. The number of carbonyl (C=O) groups is 4. The lowest BCUT2D eigenvalue weighted by Gasteiger charge is -2.21. The van der Waals surface area contributed by atoms with E-state index in [1.165, 1.54) is 44.2 Å². The average molecular weight is 322 g/mol. The number of phenols is 1. The summed E-state index contributed by atoms with van der Waals surface area (Å²) in [4.78, 5) is 49.1. The first-order chi connectivity index (χ1) is 11.3. The molecule has 0 spiro atoms. The van der Waals surface area contributed by atoms with Crippen molar-refractivity contribution in [3.8, 4) is 5.75 Å². The third kappa shape index (κ3) is 2.25. The van der Waals surface area contributed by atoms with Gasteiger partial charge in [-0.05, 0) is 31.5 Å². The molecule has 0 atom stereocenters. The molecule has 5 nitrogen and oxygen atoms in total. The van der Waals surface area contributed by atoms with Gasteiger partial charge >= 0.3 is 0 Å². The van der Waals surface area contributed by atoms with Crippen LogP contribution in [0.2, 0.25) is 0 Å². The summed E-state index contributed by atoms with van der Waals surface area (Å²) in [5, 5.41) is 9.94. The van der Waals surface area contributed by atoms with E-state index in [1.54, 1.807) is 0 Å². The molecule has 120 valence electrons. The molecule has 0 saturated heterocycles. The number of aromatic hydroxyl groups is 1. The van der Waals surface area contributed by atoms with Crippen LogP contribution in [-0.4, -0.2) is 28.2 Å². The first kappa shape index (κ1) is 15.8. The Kier molecular flexibility index (Phi) is 3.64. The lowest BCUT2D eigenvalue weighted by atomic mass is 9.79. The number of fused-ring (bicyclic) bond motifs is 2. The quantitative estimate of drug-likeness (QED) is 0.748. The second-order valence-electron chi connectivity index (χ2n) is 5.82. The fourth-order valence-corrected chi connectivity index (χ4v) is 3.13. The Balaban J connectivity index is 2.34. The molecule has 0 fully saturated rings. The Morgan fingerprint density at radius 1 is 0.917 bits per heavy atom. The van der Waals surface area contributed by atoms with Crippen LogP contribution in [0.3, 0.4) is 0 Å². The van der Waals surface area contributed by atoms with E-state index in [0.29, 0.717) is 5.56 Å². The van der Waals surface area contributed by atoms with E-state index >= 15 is 0 Å². The molecule has 0 aromatic heterocycles. The van der Waals surface area contributed by atoms with Crippen molar-refractivity contribution in [3.05, 3.63) is 63.7 Å². The Morgan fingerprint density at radius 3 is 2.17 bits per heavy atom. The standard InChI is InChI=1S/C19H14O5/c1-9(20)8-11-6-7-13-17(15(11)10(2)21)19(24)12-4-3-5-14(22)16(12)18(13)23/h3-7,22H,8H2,1-2H3. The molecule has 0 aliphatic heterocycles. The van der Waals surface area contributed by atoms with Gasteiger partial charge < -0.3 is 5.11 Å². The summed E-state index contributed by atoms with van der Waals surface area (Å²) >= 11 is 0. The molecule has 5 heteroatoms. The van der Waals surface area contributed by atoms with Gasteiger partial charge in [0.05, 0.1) is 5.56 Å². The predicted octanol–water partition coefficient (Wildman–Crippen LogP) is 2.50. The van der Waals surface area contributed by atoms with Crippen LogP contribution < -0.4 is 0 Å².